The van der Waals surface area contributed by atoms with Crippen molar-refractivity contribution in [2.75, 3.05) is 7.05 Å². The number of nitrogens with zero attached hydrogens (tertiary/aromatic N) is 1. The molecule has 18 heavy (non-hydrogen) atoms. The van der Waals surface area contributed by atoms with Gasteiger partial charge in [-0.3, -0.25) is 14.9 Å². The Morgan fingerprint density at radius 2 is 1.94 bits per heavy atom. The first-order chi connectivity index (χ1) is 8.31. The third-order valence-corrected chi connectivity index (χ3v) is 3.10. The number of hydrogen-bond donors (Lipinski definition) is 2. The quantitative estimate of drug-likeness (QED) is 0.701. The van der Waals surface area contributed by atoms with Gasteiger partial charge in [0.25, 0.3) is 5.91 Å². The molecular formula is C12H21N3O3. The van der Waals surface area contributed by atoms with Crippen LogP contribution in [0.15, 0.2) is 0 Å². The van der Waals surface area contributed by atoms with E-state index in [0.717, 1.165) is 6.42 Å². The van der Waals surface area contributed by atoms with Crippen LogP contribution in [0.4, 0.5) is 4.79 Å². The SMILES string of the molecule is CC(C)C[C@H](C)N(C)C(=O)C[C@@H]1NC(=O)NC1=O. The average molecular weight is 255 g/mol. The fraction of sp³-hybridized carbons (Fsp3) is 0.750. The number of carbonyl (C=O) groups excluding carboxylic acids is 3. The summed E-state index contributed by atoms with van der Waals surface area (Å²) in [6.07, 6.45) is 0.919. The molecule has 0 saturated carbocycles. The van der Waals surface area contributed by atoms with Crippen LogP contribution in [0.3, 0.4) is 0 Å². The van der Waals surface area contributed by atoms with Gasteiger partial charge in [0.05, 0.1) is 6.42 Å². The smallest absolute Gasteiger partial charge is 0.322 e. The molecule has 6 nitrogen and oxygen atoms in total. The van der Waals surface area contributed by atoms with Crippen LogP contribution < -0.4 is 10.6 Å². The molecule has 1 saturated heterocycles. The zero-order chi connectivity index (χ0) is 13.9. The number of amides is 4. The second kappa shape index (κ2) is 5.84. The molecule has 0 aromatic carbocycles. The second-order valence-corrected chi connectivity index (χ2v) is 5.20. The minimum Gasteiger partial charge on any atom is -0.343 e. The maximum Gasteiger partial charge on any atom is 0.322 e. The minimum atomic E-state index is -0.737. The van der Waals surface area contributed by atoms with Gasteiger partial charge >= 0.3 is 6.03 Å². The predicted octanol–water partition coefficient (Wildman–Crippen LogP) is 0.477. The van der Waals surface area contributed by atoms with Crippen molar-refractivity contribution in [3.63, 3.8) is 0 Å². The van der Waals surface area contributed by atoms with Crippen LogP contribution >= 0.6 is 0 Å². The molecule has 0 aliphatic carbocycles. The summed E-state index contributed by atoms with van der Waals surface area (Å²) >= 11 is 0. The van der Waals surface area contributed by atoms with E-state index in [-0.39, 0.29) is 18.4 Å². The molecule has 102 valence electrons. The molecule has 2 N–H and O–H groups in total. The molecule has 1 aliphatic rings. The molecule has 0 aromatic heterocycles. The van der Waals surface area contributed by atoms with Gasteiger partial charge in [-0.25, -0.2) is 4.79 Å². The lowest BCUT2D eigenvalue weighted by Gasteiger charge is -2.27. The summed E-state index contributed by atoms with van der Waals surface area (Å²) in [5.41, 5.74) is 0. The summed E-state index contributed by atoms with van der Waals surface area (Å²) < 4.78 is 0. The fourth-order valence-electron chi connectivity index (χ4n) is 2.01. The largest absolute Gasteiger partial charge is 0.343 e. The Hall–Kier alpha value is -1.59. The van der Waals surface area contributed by atoms with Gasteiger partial charge in [-0.1, -0.05) is 13.8 Å². The van der Waals surface area contributed by atoms with Gasteiger partial charge in [0, 0.05) is 13.1 Å². The van der Waals surface area contributed by atoms with Crippen molar-refractivity contribution in [2.24, 2.45) is 5.92 Å². The summed E-state index contributed by atoms with van der Waals surface area (Å²) in [7, 11) is 1.73. The lowest BCUT2D eigenvalue weighted by molar-refractivity contribution is -0.134. The van der Waals surface area contributed by atoms with Crippen molar-refractivity contribution < 1.29 is 14.4 Å². The Morgan fingerprint density at radius 3 is 2.39 bits per heavy atom. The van der Waals surface area contributed by atoms with E-state index in [1.165, 1.54) is 0 Å². The standard InChI is InChI=1S/C12H21N3O3/c1-7(2)5-8(3)15(4)10(16)6-9-11(17)14-12(18)13-9/h7-9H,5-6H2,1-4H3,(H2,13,14,17,18)/t8-,9-/m0/s1. The van der Waals surface area contributed by atoms with Crippen molar-refractivity contribution in [3.8, 4) is 0 Å². The van der Waals surface area contributed by atoms with Crippen molar-refractivity contribution in [2.45, 2.75) is 45.7 Å². The van der Waals surface area contributed by atoms with Gasteiger partial charge in [-0.15, -0.1) is 0 Å². The van der Waals surface area contributed by atoms with Crippen molar-refractivity contribution in [1.29, 1.82) is 0 Å². The minimum absolute atomic E-state index is 0.0104. The van der Waals surface area contributed by atoms with Crippen LogP contribution in [0.5, 0.6) is 0 Å². The molecule has 0 spiro atoms. The molecule has 2 atom stereocenters. The van der Waals surface area contributed by atoms with Gasteiger partial charge < -0.3 is 10.2 Å². The Kier molecular flexibility index (Phi) is 4.69. The number of imide groups is 1. The van der Waals surface area contributed by atoms with Gasteiger partial charge in [-0.05, 0) is 19.3 Å². The van der Waals surface area contributed by atoms with Gasteiger partial charge in [0.2, 0.25) is 5.91 Å². The van der Waals surface area contributed by atoms with Crippen LogP contribution in [0.1, 0.15) is 33.6 Å². The fourth-order valence-corrected chi connectivity index (χ4v) is 2.01. The summed E-state index contributed by atoms with van der Waals surface area (Å²) in [6.45, 7) is 6.17. The average Bonchev–Trinajstić information content (AvgIpc) is 2.55. The van der Waals surface area contributed by atoms with Crippen LogP contribution in [0, 0.1) is 5.92 Å². The summed E-state index contributed by atoms with van der Waals surface area (Å²) in [6, 6.07) is -1.15. The monoisotopic (exact) mass is 255 g/mol. The number of urea groups is 1. The van der Waals surface area contributed by atoms with E-state index in [1.807, 2.05) is 6.92 Å². The van der Waals surface area contributed by atoms with Gasteiger partial charge in [-0.2, -0.15) is 0 Å². The zero-order valence-electron chi connectivity index (χ0n) is 11.3. The molecule has 0 unspecified atom stereocenters. The molecule has 0 bridgehead atoms. The van der Waals surface area contributed by atoms with E-state index in [1.54, 1.807) is 11.9 Å². The maximum atomic E-state index is 12.0. The van der Waals surface area contributed by atoms with Crippen LogP contribution in [-0.2, 0) is 9.59 Å². The molecule has 1 fully saturated rings. The molecule has 1 aliphatic heterocycles. The van der Waals surface area contributed by atoms with Gasteiger partial charge in [0.15, 0.2) is 0 Å². The van der Waals surface area contributed by atoms with E-state index in [0.29, 0.717) is 5.92 Å². The van der Waals surface area contributed by atoms with Crippen molar-refractivity contribution in [3.05, 3.63) is 0 Å². The van der Waals surface area contributed by atoms with Crippen LogP contribution in [0.25, 0.3) is 0 Å². The Balaban J connectivity index is 2.49. The van der Waals surface area contributed by atoms with E-state index in [9.17, 15) is 14.4 Å². The number of rotatable bonds is 5. The van der Waals surface area contributed by atoms with Crippen LogP contribution in [0.2, 0.25) is 0 Å². The predicted molar refractivity (Wildman–Crippen MR) is 66.8 cm³/mol. The number of nitrogens with one attached hydrogen (secondary N) is 2. The summed E-state index contributed by atoms with van der Waals surface area (Å²) in [5, 5.41) is 4.53. The Morgan fingerprint density at radius 1 is 1.33 bits per heavy atom. The third kappa shape index (κ3) is 3.72. The molecule has 1 heterocycles. The van der Waals surface area contributed by atoms with E-state index < -0.39 is 18.0 Å². The molecule has 0 aromatic rings. The number of hydrogen-bond acceptors (Lipinski definition) is 3. The Labute approximate surface area is 107 Å². The first kappa shape index (κ1) is 14.5. The second-order valence-electron chi connectivity index (χ2n) is 5.20. The maximum absolute atomic E-state index is 12.0. The van der Waals surface area contributed by atoms with E-state index in [4.69, 9.17) is 0 Å². The third-order valence-electron chi connectivity index (χ3n) is 3.10. The van der Waals surface area contributed by atoms with Crippen molar-refractivity contribution >= 4 is 17.8 Å². The van der Waals surface area contributed by atoms with Gasteiger partial charge in [0.1, 0.15) is 6.04 Å². The highest BCUT2D eigenvalue weighted by Gasteiger charge is 2.32. The number of carbonyl (C=O) groups is 3. The normalized spacial score (nSPS) is 20.6. The highest BCUT2D eigenvalue weighted by molar-refractivity contribution is 6.05. The highest BCUT2D eigenvalue weighted by Crippen LogP contribution is 2.12. The topological polar surface area (TPSA) is 78.5 Å². The lowest BCUT2D eigenvalue weighted by Crippen LogP contribution is -2.41. The highest BCUT2D eigenvalue weighted by atomic mass is 16.2. The van der Waals surface area contributed by atoms with Crippen molar-refractivity contribution in [1.82, 2.24) is 15.5 Å². The first-order valence-electron chi connectivity index (χ1n) is 6.18. The summed E-state index contributed by atoms with van der Waals surface area (Å²) in [4.78, 5) is 35.9. The van der Waals surface area contributed by atoms with Crippen LogP contribution in [-0.4, -0.2) is 41.9 Å². The summed E-state index contributed by atoms with van der Waals surface area (Å²) in [5.74, 6) is -0.0616. The molecule has 4 amide bonds. The molecular weight excluding hydrogens is 234 g/mol. The van der Waals surface area contributed by atoms with E-state index >= 15 is 0 Å². The first-order valence-corrected chi connectivity index (χ1v) is 6.18. The lowest BCUT2D eigenvalue weighted by atomic mass is 10.0. The molecule has 1 rings (SSSR count). The zero-order valence-corrected chi connectivity index (χ0v) is 11.3. The molecule has 6 heteroatoms. The van der Waals surface area contributed by atoms with E-state index in [2.05, 4.69) is 24.5 Å². The Bertz CT molecular complexity index is 354. The molecule has 0 radical (unpaired) electrons.